The molecule has 5 N–H and O–H groups in total. The second kappa shape index (κ2) is 6.33. The molecule has 0 saturated heterocycles. The van der Waals surface area contributed by atoms with E-state index in [9.17, 15) is 0 Å². The third kappa shape index (κ3) is 4.63. The molecule has 0 radical (unpaired) electrons. The van der Waals surface area contributed by atoms with Crippen molar-refractivity contribution >= 4 is 0 Å². The van der Waals surface area contributed by atoms with Gasteiger partial charge in [-0.05, 0) is 12.8 Å². The topological polar surface area (TPSA) is 101 Å². The molecule has 0 aliphatic rings. The van der Waals surface area contributed by atoms with Crippen LogP contribution in [-0.2, 0) is 0 Å². The van der Waals surface area contributed by atoms with Gasteiger partial charge in [0, 0.05) is 0 Å². The fourth-order valence-corrected chi connectivity index (χ4v) is 0.768. The highest BCUT2D eigenvalue weighted by atomic mass is 16.4. The minimum atomic E-state index is -1.17. The van der Waals surface area contributed by atoms with Crippen molar-refractivity contribution in [1.82, 2.24) is 0 Å². The highest BCUT2D eigenvalue weighted by Crippen LogP contribution is 2.04. The predicted octanol–water partition coefficient (Wildman–Crippen LogP) is -2.17. The van der Waals surface area contributed by atoms with E-state index in [2.05, 4.69) is 0 Å². The van der Waals surface area contributed by atoms with Crippen LogP contribution < -0.4 is 0 Å². The van der Waals surface area contributed by atoms with E-state index < -0.39 is 24.9 Å². The van der Waals surface area contributed by atoms with Crippen LogP contribution in [0.2, 0.25) is 0 Å². The third-order valence-electron chi connectivity index (χ3n) is 1.64. The first kappa shape index (κ1) is 11.8. The van der Waals surface area contributed by atoms with E-state index in [4.69, 9.17) is 25.5 Å². The molecule has 0 amide bonds. The Labute approximate surface area is 70.9 Å². The summed E-state index contributed by atoms with van der Waals surface area (Å²) in [7, 11) is 0. The predicted molar refractivity (Wildman–Crippen MR) is 41.4 cm³/mol. The first-order valence-electron chi connectivity index (χ1n) is 3.87. The van der Waals surface area contributed by atoms with Crippen LogP contribution in [0.3, 0.4) is 0 Å². The normalized spacial score (nSPS) is 18.8. The van der Waals surface area contributed by atoms with Gasteiger partial charge in [-0.25, -0.2) is 0 Å². The lowest BCUT2D eigenvalue weighted by atomic mass is 10.1. The minimum absolute atomic E-state index is 0.156. The van der Waals surface area contributed by atoms with E-state index >= 15 is 0 Å². The summed E-state index contributed by atoms with van der Waals surface area (Å²) in [4.78, 5) is 0. The highest BCUT2D eigenvalue weighted by Gasteiger charge is 2.16. The SMILES string of the molecule is OCC(O)CCC(O)C(O)CO. The smallest absolute Gasteiger partial charge is 0.103 e. The van der Waals surface area contributed by atoms with Crippen LogP contribution in [-0.4, -0.2) is 57.1 Å². The zero-order chi connectivity index (χ0) is 9.56. The van der Waals surface area contributed by atoms with E-state index in [0.717, 1.165) is 0 Å². The van der Waals surface area contributed by atoms with Gasteiger partial charge in [0.25, 0.3) is 0 Å². The van der Waals surface area contributed by atoms with Crippen molar-refractivity contribution in [1.29, 1.82) is 0 Å². The van der Waals surface area contributed by atoms with E-state index in [-0.39, 0.29) is 19.4 Å². The first-order valence-corrected chi connectivity index (χ1v) is 3.87. The highest BCUT2D eigenvalue weighted by molar-refractivity contribution is 4.67. The monoisotopic (exact) mass is 180 g/mol. The van der Waals surface area contributed by atoms with E-state index in [1.165, 1.54) is 0 Å². The zero-order valence-electron chi connectivity index (χ0n) is 6.80. The Morgan fingerprint density at radius 1 is 0.750 bits per heavy atom. The van der Waals surface area contributed by atoms with Crippen LogP contribution >= 0.6 is 0 Å². The maximum atomic E-state index is 9.06. The summed E-state index contributed by atoms with van der Waals surface area (Å²) in [6.07, 6.45) is -2.73. The standard InChI is InChI=1S/C7H16O5/c8-3-5(10)1-2-6(11)7(12)4-9/h5-12H,1-4H2. The number of aliphatic hydroxyl groups excluding tert-OH is 5. The Bertz CT molecular complexity index is 108. The number of rotatable bonds is 6. The molecule has 0 aliphatic carbocycles. The molecule has 0 heterocycles. The third-order valence-corrected chi connectivity index (χ3v) is 1.64. The van der Waals surface area contributed by atoms with E-state index in [1.807, 2.05) is 0 Å². The molecule has 3 atom stereocenters. The summed E-state index contributed by atoms with van der Waals surface area (Å²) in [5.74, 6) is 0. The molecule has 3 unspecified atom stereocenters. The fourth-order valence-electron chi connectivity index (χ4n) is 0.768. The van der Waals surface area contributed by atoms with Crippen molar-refractivity contribution in [2.45, 2.75) is 31.2 Å². The van der Waals surface area contributed by atoms with Crippen LogP contribution in [0.25, 0.3) is 0 Å². The number of aliphatic hydroxyl groups is 5. The van der Waals surface area contributed by atoms with Gasteiger partial charge in [0.15, 0.2) is 0 Å². The Hall–Kier alpha value is -0.200. The molecule has 5 heteroatoms. The van der Waals surface area contributed by atoms with Gasteiger partial charge in [-0.15, -0.1) is 0 Å². The van der Waals surface area contributed by atoms with Crippen LogP contribution in [0, 0.1) is 0 Å². The molecule has 0 aromatic rings. The molecule has 5 nitrogen and oxygen atoms in total. The maximum Gasteiger partial charge on any atom is 0.103 e. The molecule has 0 fully saturated rings. The van der Waals surface area contributed by atoms with Gasteiger partial charge >= 0.3 is 0 Å². The number of hydrogen-bond acceptors (Lipinski definition) is 5. The fraction of sp³-hybridized carbons (Fsp3) is 1.00. The van der Waals surface area contributed by atoms with Crippen molar-refractivity contribution in [3.63, 3.8) is 0 Å². The van der Waals surface area contributed by atoms with Gasteiger partial charge in [0.2, 0.25) is 0 Å². The summed E-state index contributed by atoms with van der Waals surface area (Å²) < 4.78 is 0. The first-order chi connectivity index (χ1) is 5.61. The van der Waals surface area contributed by atoms with Crippen molar-refractivity contribution in [3.05, 3.63) is 0 Å². The van der Waals surface area contributed by atoms with Gasteiger partial charge in [-0.1, -0.05) is 0 Å². The van der Waals surface area contributed by atoms with Crippen LogP contribution in [0.15, 0.2) is 0 Å². The minimum Gasteiger partial charge on any atom is -0.394 e. The van der Waals surface area contributed by atoms with Gasteiger partial charge in [-0.3, -0.25) is 0 Å². The second-order valence-electron chi connectivity index (χ2n) is 2.73. The summed E-state index contributed by atoms with van der Waals surface area (Å²) in [5, 5.41) is 43.6. The van der Waals surface area contributed by atoms with Crippen molar-refractivity contribution < 1.29 is 25.5 Å². The molecule has 0 aromatic heterocycles. The van der Waals surface area contributed by atoms with Crippen LogP contribution in [0.4, 0.5) is 0 Å². The molecular formula is C7H16O5. The van der Waals surface area contributed by atoms with Gasteiger partial charge in [0.1, 0.15) is 6.10 Å². The molecule has 0 rings (SSSR count). The molecule has 0 spiro atoms. The van der Waals surface area contributed by atoms with Gasteiger partial charge in [-0.2, -0.15) is 0 Å². The summed E-state index contributed by atoms with van der Waals surface area (Å²) >= 11 is 0. The Balaban J connectivity index is 3.49. The summed E-state index contributed by atoms with van der Waals surface area (Å²) in [6, 6.07) is 0. The van der Waals surface area contributed by atoms with Gasteiger partial charge < -0.3 is 25.5 Å². The average Bonchev–Trinajstić information content (AvgIpc) is 2.11. The Morgan fingerprint density at radius 3 is 1.75 bits per heavy atom. The molecule has 0 aromatic carbocycles. The Kier molecular flexibility index (Phi) is 6.23. The maximum absolute atomic E-state index is 9.06. The van der Waals surface area contributed by atoms with Crippen molar-refractivity contribution in [2.24, 2.45) is 0 Å². The average molecular weight is 180 g/mol. The van der Waals surface area contributed by atoms with Crippen LogP contribution in [0.1, 0.15) is 12.8 Å². The lowest BCUT2D eigenvalue weighted by Crippen LogP contribution is -2.30. The lowest BCUT2D eigenvalue weighted by Gasteiger charge is -2.16. The Morgan fingerprint density at radius 2 is 1.33 bits per heavy atom. The molecular weight excluding hydrogens is 164 g/mol. The van der Waals surface area contributed by atoms with Gasteiger partial charge in [0.05, 0.1) is 25.4 Å². The summed E-state index contributed by atoms with van der Waals surface area (Å²) in [5.41, 5.74) is 0. The van der Waals surface area contributed by atoms with E-state index in [1.54, 1.807) is 0 Å². The molecule has 12 heavy (non-hydrogen) atoms. The molecule has 0 saturated carbocycles. The molecule has 74 valence electrons. The molecule has 0 bridgehead atoms. The summed E-state index contributed by atoms with van der Waals surface area (Å²) in [6.45, 7) is -0.863. The molecule has 0 aliphatic heterocycles. The van der Waals surface area contributed by atoms with Crippen molar-refractivity contribution in [3.8, 4) is 0 Å². The van der Waals surface area contributed by atoms with E-state index in [0.29, 0.717) is 0 Å². The largest absolute Gasteiger partial charge is 0.394 e. The van der Waals surface area contributed by atoms with Crippen LogP contribution in [0.5, 0.6) is 0 Å². The number of hydrogen-bond donors (Lipinski definition) is 5. The van der Waals surface area contributed by atoms with Crippen molar-refractivity contribution in [2.75, 3.05) is 13.2 Å². The quantitative estimate of drug-likeness (QED) is 0.320. The lowest BCUT2D eigenvalue weighted by molar-refractivity contribution is -0.0260. The second-order valence-corrected chi connectivity index (χ2v) is 2.73. The zero-order valence-corrected chi connectivity index (χ0v) is 6.80.